The van der Waals surface area contributed by atoms with Crippen LogP contribution in [0, 0.1) is 5.92 Å². The number of aliphatic hydroxyl groups is 1. The summed E-state index contributed by atoms with van der Waals surface area (Å²) in [4.78, 5) is 35.4. The number of allylic oxidation sites excluding steroid dienone is 1. The minimum atomic E-state index is -1.07. The van der Waals surface area contributed by atoms with Crippen LogP contribution in [0.4, 0.5) is 11.6 Å². The van der Waals surface area contributed by atoms with Crippen molar-refractivity contribution in [3.05, 3.63) is 92.6 Å². The number of carbonyl (C=O) groups excluding carboxylic acids is 1. The molecule has 4 aromatic rings. The summed E-state index contributed by atoms with van der Waals surface area (Å²) in [5, 5.41) is 21.5. The summed E-state index contributed by atoms with van der Waals surface area (Å²) in [5.74, 6) is 0.524. The molecule has 47 heavy (non-hydrogen) atoms. The third kappa shape index (κ3) is 6.40. The van der Waals surface area contributed by atoms with E-state index in [9.17, 15) is 19.8 Å². The summed E-state index contributed by atoms with van der Waals surface area (Å²) in [6.45, 7) is 3.23. The Labute approximate surface area is 272 Å². The first-order valence-corrected chi connectivity index (χ1v) is 16.0. The van der Waals surface area contributed by atoms with Crippen molar-refractivity contribution in [1.29, 1.82) is 0 Å². The summed E-state index contributed by atoms with van der Waals surface area (Å²) in [7, 11) is 0. The highest BCUT2D eigenvalue weighted by atomic mass is 16.6. The first-order valence-electron chi connectivity index (χ1n) is 16.0. The molecule has 11 heteroatoms. The second kappa shape index (κ2) is 13.1. The number of benzene rings is 1. The molecule has 0 unspecified atom stereocenters. The Morgan fingerprint density at radius 2 is 1.91 bits per heavy atom. The van der Waals surface area contributed by atoms with Crippen LogP contribution >= 0.6 is 0 Å². The monoisotopic (exact) mass is 640 g/mol. The molecule has 6 N–H and O–H groups in total. The Balaban J connectivity index is 1.48. The topological polar surface area (TPSA) is 184 Å². The van der Waals surface area contributed by atoms with Gasteiger partial charge in [-0.2, -0.15) is 0 Å². The molecule has 6 rings (SSSR count). The number of ether oxygens (including phenoxy) is 2. The van der Waals surface area contributed by atoms with Gasteiger partial charge in [0.2, 0.25) is 0 Å². The van der Waals surface area contributed by atoms with Gasteiger partial charge in [-0.3, -0.25) is 4.79 Å². The second-order valence-corrected chi connectivity index (χ2v) is 12.7. The van der Waals surface area contributed by atoms with Crippen LogP contribution in [-0.4, -0.2) is 37.9 Å². The van der Waals surface area contributed by atoms with Crippen LogP contribution in [0.25, 0.3) is 11.0 Å². The molecule has 0 spiro atoms. The maximum atomic E-state index is 13.8. The largest absolute Gasteiger partial charge is 0.507 e. The Bertz CT molecular complexity index is 1900. The van der Waals surface area contributed by atoms with E-state index in [1.807, 2.05) is 26.0 Å². The van der Waals surface area contributed by atoms with E-state index < -0.39 is 29.7 Å². The molecule has 1 aliphatic heterocycles. The summed E-state index contributed by atoms with van der Waals surface area (Å²) in [5.41, 5.74) is 13.5. The van der Waals surface area contributed by atoms with Crippen LogP contribution < -0.4 is 21.6 Å². The number of fused-ring (bicyclic) bond motifs is 2. The van der Waals surface area contributed by atoms with Crippen molar-refractivity contribution >= 4 is 28.6 Å². The Kier molecular flexibility index (Phi) is 8.92. The van der Waals surface area contributed by atoms with Crippen molar-refractivity contribution in [2.45, 2.75) is 83.5 Å². The number of aliphatic hydroxyl groups excluding tert-OH is 1. The van der Waals surface area contributed by atoms with Crippen molar-refractivity contribution in [1.82, 2.24) is 9.97 Å². The highest BCUT2D eigenvalue weighted by Gasteiger charge is 2.46. The molecule has 1 saturated carbocycles. The number of nitrogens with zero attached hydrogens (tertiary/aromatic N) is 2. The number of nitrogen functional groups attached to an aromatic ring is 2. The first-order chi connectivity index (χ1) is 22.6. The number of aromatic hydroxyl groups is 1. The second-order valence-electron chi connectivity index (χ2n) is 12.7. The Morgan fingerprint density at radius 1 is 1.13 bits per heavy atom. The fourth-order valence-electron chi connectivity index (χ4n) is 6.89. The normalized spacial score (nSPS) is 19.8. The van der Waals surface area contributed by atoms with Crippen molar-refractivity contribution in [3.63, 3.8) is 0 Å². The number of phenols is 1. The van der Waals surface area contributed by atoms with Gasteiger partial charge in [-0.15, -0.1) is 0 Å². The van der Waals surface area contributed by atoms with Gasteiger partial charge in [0.15, 0.2) is 5.43 Å². The third-order valence-corrected chi connectivity index (χ3v) is 9.48. The van der Waals surface area contributed by atoms with Crippen molar-refractivity contribution in [3.8, 4) is 11.5 Å². The zero-order valence-electron chi connectivity index (χ0n) is 26.6. The minimum absolute atomic E-state index is 0.0386. The summed E-state index contributed by atoms with van der Waals surface area (Å²) in [6.07, 6.45) is 9.58. The van der Waals surface area contributed by atoms with Crippen LogP contribution in [0.2, 0.25) is 0 Å². The van der Waals surface area contributed by atoms with Crippen LogP contribution in [-0.2, 0) is 35.4 Å². The third-order valence-electron chi connectivity index (χ3n) is 9.48. The Hall–Kier alpha value is -4.90. The van der Waals surface area contributed by atoms with Crippen LogP contribution in [0.3, 0.4) is 0 Å². The number of anilines is 2. The van der Waals surface area contributed by atoms with Gasteiger partial charge in [0.1, 0.15) is 58.2 Å². The summed E-state index contributed by atoms with van der Waals surface area (Å²) >= 11 is 0. The molecule has 1 aliphatic carbocycles. The van der Waals surface area contributed by atoms with Gasteiger partial charge >= 0.3 is 5.97 Å². The number of phenolic OH excluding ortho intramolecular Hbond substituents is 1. The molecule has 246 valence electrons. The Morgan fingerprint density at radius 3 is 2.60 bits per heavy atom. The SMILES string of the molecule is C/C=C(\C(=O)O[C@@H]1Cc2c(c(Cc3ccnc(N)c3)c3oc(CO)cc(=O)c3c2O)O[C@@]1(C)CCc1ccc(N)nc1)C1CCCC1. The van der Waals surface area contributed by atoms with Gasteiger partial charge in [0, 0.05) is 48.0 Å². The fraction of sp³-hybridized carbons (Fsp3) is 0.389. The van der Waals surface area contributed by atoms with Crippen molar-refractivity contribution in [2.75, 3.05) is 11.5 Å². The number of nitrogens with two attached hydrogens (primary N) is 2. The summed E-state index contributed by atoms with van der Waals surface area (Å²) in [6, 6.07) is 8.29. The number of pyridine rings is 2. The standard InChI is InChI=1S/C36H40N4O7/c1-3-24(22-6-4-5-7-22)35(44)46-28-17-25-32(43)31-27(42)16-23(19-41)45-34(31)26(14-21-11-13-39-30(38)15-21)33(25)47-36(28,2)12-10-20-8-9-29(37)40-18-20/h3,8-9,11,13,15-16,18,22,28,41,43H,4-7,10,12,14,17,19H2,1-2H3,(H2,37,40)(H2,38,39)/b24-3-/t28-,36+/m1/s1. The zero-order chi connectivity index (χ0) is 33.3. The number of hydrogen-bond donors (Lipinski definition) is 4. The lowest BCUT2D eigenvalue weighted by molar-refractivity contribution is -0.159. The van der Waals surface area contributed by atoms with Gasteiger partial charge in [0.05, 0.1) is 0 Å². The molecular formula is C36H40N4O7. The van der Waals surface area contributed by atoms with Gasteiger partial charge in [-0.25, -0.2) is 14.8 Å². The maximum Gasteiger partial charge on any atom is 0.334 e. The molecule has 1 fully saturated rings. The molecule has 1 aromatic carbocycles. The number of rotatable bonds is 9. The molecule has 2 atom stereocenters. The quantitative estimate of drug-likeness (QED) is 0.144. The zero-order valence-corrected chi connectivity index (χ0v) is 26.6. The van der Waals surface area contributed by atoms with Crippen LogP contribution in [0.5, 0.6) is 11.5 Å². The highest BCUT2D eigenvalue weighted by Crippen LogP contribution is 2.48. The lowest BCUT2D eigenvalue weighted by atomic mass is 9.82. The minimum Gasteiger partial charge on any atom is -0.507 e. The van der Waals surface area contributed by atoms with Gasteiger partial charge in [0.25, 0.3) is 0 Å². The average molecular weight is 641 g/mol. The predicted octanol–water partition coefficient (Wildman–Crippen LogP) is 4.91. The van der Waals surface area contributed by atoms with Crippen LogP contribution in [0.1, 0.15) is 74.0 Å². The van der Waals surface area contributed by atoms with E-state index >= 15 is 0 Å². The maximum absolute atomic E-state index is 13.8. The average Bonchev–Trinajstić information content (AvgIpc) is 3.58. The van der Waals surface area contributed by atoms with E-state index in [4.69, 9.17) is 25.4 Å². The van der Waals surface area contributed by atoms with Crippen LogP contribution in [0.15, 0.2) is 63.6 Å². The fourth-order valence-corrected chi connectivity index (χ4v) is 6.89. The molecule has 4 heterocycles. The van der Waals surface area contributed by atoms with Crippen molar-refractivity contribution < 1.29 is 28.9 Å². The molecule has 3 aromatic heterocycles. The molecule has 11 nitrogen and oxygen atoms in total. The first kappa shape index (κ1) is 32.1. The predicted molar refractivity (Wildman–Crippen MR) is 177 cm³/mol. The van der Waals surface area contributed by atoms with E-state index in [2.05, 4.69) is 9.97 Å². The molecule has 0 radical (unpaired) electrons. The smallest absolute Gasteiger partial charge is 0.334 e. The molecule has 2 aliphatic rings. The number of aromatic nitrogens is 2. The van der Waals surface area contributed by atoms with E-state index in [-0.39, 0.29) is 41.2 Å². The lowest BCUT2D eigenvalue weighted by Gasteiger charge is -2.43. The number of aryl methyl sites for hydroxylation is 1. The van der Waals surface area contributed by atoms with E-state index in [0.717, 1.165) is 42.9 Å². The number of carbonyl (C=O) groups is 1. The highest BCUT2D eigenvalue weighted by molar-refractivity contribution is 5.91. The van der Waals surface area contributed by atoms with Gasteiger partial charge < -0.3 is 35.6 Å². The van der Waals surface area contributed by atoms with Gasteiger partial charge in [-0.05, 0) is 74.8 Å². The molecule has 0 saturated heterocycles. The number of hydrogen-bond acceptors (Lipinski definition) is 11. The summed E-state index contributed by atoms with van der Waals surface area (Å²) < 4.78 is 19.2. The van der Waals surface area contributed by atoms with E-state index in [0.29, 0.717) is 46.9 Å². The van der Waals surface area contributed by atoms with Gasteiger partial charge in [-0.1, -0.05) is 25.0 Å². The van der Waals surface area contributed by atoms with E-state index in [1.165, 1.54) is 0 Å². The molecule has 0 bridgehead atoms. The molecule has 0 amide bonds. The van der Waals surface area contributed by atoms with E-state index in [1.54, 1.807) is 30.6 Å². The molecular weight excluding hydrogens is 600 g/mol. The lowest BCUT2D eigenvalue weighted by Crippen LogP contribution is -2.52. The number of esters is 1. The van der Waals surface area contributed by atoms with Crippen molar-refractivity contribution in [2.24, 2.45) is 5.92 Å².